The van der Waals surface area contributed by atoms with E-state index in [0.717, 1.165) is 17.8 Å². The molecule has 0 spiro atoms. The molecular weight excluding hydrogens is 194 g/mol. The number of hydrogen-bond acceptors (Lipinski definition) is 1. The predicted octanol–water partition coefficient (Wildman–Crippen LogP) is 4.23. The van der Waals surface area contributed by atoms with E-state index in [-0.39, 0.29) is 5.54 Å². The monoisotopic (exact) mass is 225 g/mol. The van der Waals surface area contributed by atoms with Gasteiger partial charge < -0.3 is 5.32 Å². The molecule has 0 radical (unpaired) electrons. The molecule has 0 aromatic rings. The van der Waals surface area contributed by atoms with Crippen LogP contribution in [0.2, 0.25) is 0 Å². The zero-order chi connectivity index (χ0) is 12.2. The van der Waals surface area contributed by atoms with Gasteiger partial charge in [-0.1, -0.05) is 33.1 Å². The Bertz CT molecular complexity index is 192. The smallest absolute Gasteiger partial charge is 0.00966 e. The standard InChI is InChI=1S/C15H31N/c1-6-12-8-9-14(13(7-2)10-12)11-16-15(3,4)5/h12-14,16H,6-11H2,1-5H3. The maximum Gasteiger partial charge on any atom is 0.00966 e. The Kier molecular flexibility index (Phi) is 5.30. The quantitative estimate of drug-likeness (QED) is 0.755. The molecule has 1 N–H and O–H groups in total. The number of nitrogens with one attached hydrogen (secondary N) is 1. The highest BCUT2D eigenvalue weighted by molar-refractivity contribution is 4.82. The summed E-state index contributed by atoms with van der Waals surface area (Å²) in [5.74, 6) is 2.90. The van der Waals surface area contributed by atoms with Crippen LogP contribution in [0.4, 0.5) is 0 Å². The summed E-state index contributed by atoms with van der Waals surface area (Å²) < 4.78 is 0. The molecule has 0 aromatic heterocycles. The number of rotatable bonds is 4. The van der Waals surface area contributed by atoms with Crippen LogP contribution in [0.25, 0.3) is 0 Å². The van der Waals surface area contributed by atoms with E-state index < -0.39 is 0 Å². The van der Waals surface area contributed by atoms with E-state index in [1.165, 1.54) is 38.6 Å². The first-order valence-corrected chi connectivity index (χ1v) is 7.21. The second kappa shape index (κ2) is 6.05. The van der Waals surface area contributed by atoms with Crippen LogP contribution in [0.5, 0.6) is 0 Å². The number of hydrogen-bond donors (Lipinski definition) is 1. The van der Waals surface area contributed by atoms with Gasteiger partial charge in [-0.25, -0.2) is 0 Å². The molecule has 1 saturated carbocycles. The van der Waals surface area contributed by atoms with Crippen molar-refractivity contribution < 1.29 is 0 Å². The summed E-state index contributed by atoms with van der Waals surface area (Å²) in [5.41, 5.74) is 0.278. The van der Waals surface area contributed by atoms with Gasteiger partial charge in [-0.3, -0.25) is 0 Å². The molecule has 3 atom stereocenters. The van der Waals surface area contributed by atoms with Gasteiger partial charge in [0, 0.05) is 5.54 Å². The van der Waals surface area contributed by atoms with E-state index in [2.05, 4.69) is 39.9 Å². The average Bonchev–Trinajstić information content (AvgIpc) is 2.25. The summed E-state index contributed by atoms with van der Waals surface area (Å²) >= 11 is 0. The van der Waals surface area contributed by atoms with Crippen molar-refractivity contribution in [2.45, 2.75) is 72.3 Å². The van der Waals surface area contributed by atoms with Gasteiger partial charge in [0.05, 0.1) is 0 Å². The molecule has 0 aliphatic heterocycles. The molecule has 1 heteroatoms. The van der Waals surface area contributed by atoms with Crippen LogP contribution in [0.1, 0.15) is 66.7 Å². The molecular formula is C15H31N. The van der Waals surface area contributed by atoms with Crippen molar-refractivity contribution in [3.63, 3.8) is 0 Å². The Balaban J connectivity index is 2.41. The highest BCUT2D eigenvalue weighted by Gasteiger charge is 2.28. The Morgan fingerprint density at radius 1 is 1.00 bits per heavy atom. The van der Waals surface area contributed by atoms with Crippen LogP contribution in [0.3, 0.4) is 0 Å². The fourth-order valence-corrected chi connectivity index (χ4v) is 3.00. The second-order valence-corrected chi connectivity index (χ2v) is 6.65. The van der Waals surface area contributed by atoms with E-state index in [1.807, 2.05) is 0 Å². The summed E-state index contributed by atoms with van der Waals surface area (Å²) in [6, 6.07) is 0. The van der Waals surface area contributed by atoms with Gasteiger partial charge in [0.25, 0.3) is 0 Å². The molecule has 96 valence electrons. The Morgan fingerprint density at radius 2 is 1.69 bits per heavy atom. The average molecular weight is 225 g/mol. The normalized spacial score (nSPS) is 31.7. The lowest BCUT2D eigenvalue weighted by molar-refractivity contribution is 0.159. The topological polar surface area (TPSA) is 12.0 Å². The lowest BCUT2D eigenvalue weighted by atomic mass is 9.72. The van der Waals surface area contributed by atoms with E-state index >= 15 is 0 Å². The largest absolute Gasteiger partial charge is 0.312 e. The Morgan fingerprint density at radius 3 is 2.19 bits per heavy atom. The van der Waals surface area contributed by atoms with Crippen molar-refractivity contribution >= 4 is 0 Å². The summed E-state index contributed by atoms with van der Waals surface area (Å²) in [7, 11) is 0. The van der Waals surface area contributed by atoms with Crippen LogP contribution >= 0.6 is 0 Å². The third kappa shape index (κ3) is 4.45. The van der Waals surface area contributed by atoms with Gasteiger partial charge in [-0.15, -0.1) is 0 Å². The highest BCUT2D eigenvalue weighted by atomic mass is 14.9. The van der Waals surface area contributed by atoms with Crippen LogP contribution in [-0.4, -0.2) is 12.1 Å². The first-order chi connectivity index (χ1) is 7.46. The highest BCUT2D eigenvalue weighted by Crippen LogP contribution is 2.37. The minimum Gasteiger partial charge on any atom is -0.312 e. The van der Waals surface area contributed by atoms with Gasteiger partial charge in [0.1, 0.15) is 0 Å². The first kappa shape index (κ1) is 14.0. The predicted molar refractivity (Wildman–Crippen MR) is 72.7 cm³/mol. The van der Waals surface area contributed by atoms with Crippen LogP contribution < -0.4 is 5.32 Å². The van der Waals surface area contributed by atoms with Gasteiger partial charge in [-0.2, -0.15) is 0 Å². The molecule has 3 unspecified atom stereocenters. The second-order valence-electron chi connectivity index (χ2n) is 6.65. The Labute approximate surface area is 102 Å². The lowest BCUT2D eigenvalue weighted by Crippen LogP contribution is -2.42. The molecule has 1 aliphatic carbocycles. The molecule has 1 aliphatic rings. The van der Waals surface area contributed by atoms with Gasteiger partial charge in [0.2, 0.25) is 0 Å². The first-order valence-electron chi connectivity index (χ1n) is 7.21. The summed E-state index contributed by atoms with van der Waals surface area (Å²) in [6.45, 7) is 12.7. The Hall–Kier alpha value is -0.0400. The van der Waals surface area contributed by atoms with E-state index in [9.17, 15) is 0 Å². The van der Waals surface area contributed by atoms with Crippen molar-refractivity contribution in [2.75, 3.05) is 6.54 Å². The molecule has 0 heterocycles. The molecule has 0 aromatic carbocycles. The van der Waals surface area contributed by atoms with Crippen molar-refractivity contribution in [3.05, 3.63) is 0 Å². The molecule has 0 saturated heterocycles. The zero-order valence-corrected chi connectivity index (χ0v) is 12.0. The summed E-state index contributed by atoms with van der Waals surface area (Å²) in [6.07, 6.45) is 7.13. The SMILES string of the molecule is CCC1CCC(CNC(C)(C)C)C(CC)C1. The molecule has 0 bridgehead atoms. The maximum atomic E-state index is 3.69. The summed E-state index contributed by atoms with van der Waals surface area (Å²) in [4.78, 5) is 0. The fraction of sp³-hybridized carbons (Fsp3) is 1.00. The summed E-state index contributed by atoms with van der Waals surface area (Å²) in [5, 5.41) is 3.69. The third-order valence-electron chi connectivity index (χ3n) is 4.24. The molecule has 16 heavy (non-hydrogen) atoms. The van der Waals surface area contributed by atoms with E-state index in [1.54, 1.807) is 0 Å². The van der Waals surface area contributed by atoms with Gasteiger partial charge in [0.15, 0.2) is 0 Å². The minimum atomic E-state index is 0.278. The van der Waals surface area contributed by atoms with Crippen LogP contribution in [-0.2, 0) is 0 Å². The van der Waals surface area contributed by atoms with Crippen molar-refractivity contribution in [3.8, 4) is 0 Å². The molecule has 1 fully saturated rings. The van der Waals surface area contributed by atoms with Crippen LogP contribution in [0.15, 0.2) is 0 Å². The van der Waals surface area contributed by atoms with E-state index in [0.29, 0.717) is 0 Å². The molecule has 1 nitrogen and oxygen atoms in total. The van der Waals surface area contributed by atoms with E-state index in [4.69, 9.17) is 0 Å². The maximum absolute atomic E-state index is 3.69. The zero-order valence-electron chi connectivity index (χ0n) is 12.0. The van der Waals surface area contributed by atoms with Crippen molar-refractivity contribution in [1.82, 2.24) is 5.32 Å². The van der Waals surface area contributed by atoms with Gasteiger partial charge in [-0.05, 0) is 57.9 Å². The van der Waals surface area contributed by atoms with Crippen molar-refractivity contribution in [1.29, 1.82) is 0 Å². The van der Waals surface area contributed by atoms with Crippen LogP contribution in [0, 0.1) is 17.8 Å². The molecule has 1 rings (SSSR count). The molecule has 0 amide bonds. The van der Waals surface area contributed by atoms with Crippen molar-refractivity contribution in [2.24, 2.45) is 17.8 Å². The minimum absolute atomic E-state index is 0.278. The third-order valence-corrected chi connectivity index (χ3v) is 4.24. The fourth-order valence-electron chi connectivity index (χ4n) is 3.00. The lowest BCUT2D eigenvalue weighted by Gasteiger charge is -2.37. The van der Waals surface area contributed by atoms with Gasteiger partial charge >= 0.3 is 0 Å².